The van der Waals surface area contributed by atoms with Crippen LogP contribution in [0.15, 0.2) is 36.5 Å². The molecule has 1 aromatic heterocycles. The number of carbonyl (C=O) groups is 1. The number of morpholine rings is 1. The maximum Gasteiger partial charge on any atom is 0.248 e. The second kappa shape index (κ2) is 10.3. The van der Waals surface area contributed by atoms with Gasteiger partial charge in [0.25, 0.3) is 0 Å². The third-order valence-electron chi connectivity index (χ3n) is 4.38. The van der Waals surface area contributed by atoms with Crippen molar-refractivity contribution in [3.05, 3.63) is 47.1 Å². The van der Waals surface area contributed by atoms with Gasteiger partial charge in [-0.15, -0.1) is 0 Å². The number of benzene rings is 1. The predicted molar refractivity (Wildman–Crippen MR) is 119 cm³/mol. The maximum atomic E-state index is 12.3. The Kier molecular flexibility index (Phi) is 7.54. The van der Waals surface area contributed by atoms with Crippen LogP contribution in [0.3, 0.4) is 0 Å². The second-order valence-corrected chi connectivity index (χ2v) is 7.43. The molecule has 0 unspecified atom stereocenters. The average molecular weight is 432 g/mol. The number of ether oxygens (including phenoxy) is 3. The number of nitrogens with zero attached hydrogens (tertiary/aromatic N) is 2. The van der Waals surface area contributed by atoms with Gasteiger partial charge in [0.05, 0.1) is 43.3 Å². The Balaban J connectivity index is 1.63. The molecule has 1 aliphatic rings. The van der Waals surface area contributed by atoms with Gasteiger partial charge in [-0.1, -0.05) is 11.6 Å². The van der Waals surface area contributed by atoms with Gasteiger partial charge in [0.2, 0.25) is 5.91 Å². The number of anilines is 2. The van der Waals surface area contributed by atoms with E-state index in [2.05, 4.69) is 15.2 Å². The van der Waals surface area contributed by atoms with Gasteiger partial charge in [-0.25, -0.2) is 4.98 Å². The van der Waals surface area contributed by atoms with E-state index in [0.717, 1.165) is 24.5 Å². The number of carbonyl (C=O) groups excluding carboxylic acids is 1. The Morgan fingerprint density at radius 3 is 2.70 bits per heavy atom. The zero-order valence-electron chi connectivity index (χ0n) is 17.4. The first-order valence-corrected chi connectivity index (χ1v) is 10.2. The molecular formula is C22H26ClN3O4. The predicted octanol–water partition coefficient (Wildman–Crippen LogP) is 4.02. The van der Waals surface area contributed by atoms with Gasteiger partial charge in [-0.2, -0.15) is 0 Å². The highest BCUT2D eigenvalue weighted by atomic mass is 35.5. The Labute approximate surface area is 181 Å². The lowest BCUT2D eigenvalue weighted by Crippen LogP contribution is -2.36. The van der Waals surface area contributed by atoms with Crippen molar-refractivity contribution in [3.8, 4) is 11.5 Å². The smallest absolute Gasteiger partial charge is 0.248 e. The summed E-state index contributed by atoms with van der Waals surface area (Å²) in [5, 5.41) is 3.22. The van der Waals surface area contributed by atoms with Crippen molar-refractivity contribution >= 4 is 35.1 Å². The first-order valence-electron chi connectivity index (χ1n) is 9.78. The molecule has 1 N–H and O–H groups in total. The number of rotatable bonds is 7. The minimum atomic E-state index is -0.270. The molecule has 30 heavy (non-hydrogen) atoms. The van der Waals surface area contributed by atoms with E-state index in [1.165, 1.54) is 6.08 Å². The number of hydrogen-bond donors (Lipinski definition) is 1. The van der Waals surface area contributed by atoms with Gasteiger partial charge in [0, 0.05) is 19.2 Å². The van der Waals surface area contributed by atoms with Crippen LogP contribution < -0.4 is 19.7 Å². The molecular weight excluding hydrogens is 406 g/mol. The normalized spacial score (nSPS) is 14.2. The monoisotopic (exact) mass is 431 g/mol. The van der Waals surface area contributed by atoms with Crippen LogP contribution in [0.25, 0.3) is 6.08 Å². The molecule has 0 spiro atoms. The van der Waals surface area contributed by atoms with Gasteiger partial charge in [0.15, 0.2) is 11.5 Å². The minimum Gasteiger partial charge on any atom is -0.493 e. The zero-order chi connectivity index (χ0) is 21.5. The van der Waals surface area contributed by atoms with Crippen LogP contribution in [0.2, 0.25) is 5.02 Å². The molecule has 7 nitrogen and oxygen atoms in total. The summed E-state index contributed by atoms with van der Waals surface area (Å²) in [5.41, 5.74) is 1.35. The van der Waals surface area contributed by atoms with Gasteiger partial charge >= 0.3 is 0 Å². The second-order valence-electron chi connectivity index (χ2n) is 7.03. The van der Waals surface area contributed by atoms with E-state index in [9.17, 15) is 4.79 Å². The van der Waals surface area contributed by atoms with E-state index in [0.29, 0.717) is 35.4 Å². The highest BCUT2D eigenvalue weighted by molar-refractivity contribution is 6.32. The summed E-state index contributed by atoms with van der Waals surface area (Å²) in [5.74, 6) is 1.60. The Morgan fingerprint density at radius 1 is 1.30 bits per heavy atom. The van der Waals surface area contributed by atoms with E-state index in [4.69, 9.17) is 25.8 Å². The average Bonchev–Trinajstić information content (AvgIpc) is 2.74. The molecule has 1 saturated heterocycles. The number of pyridine rings is 1. The molecule has 2 aromatic rings. The highest BCUT2D eigenvalue weighted by Crippen LogP contribution is 2.37. The van der Waals surface area contributed by atoms with Crippen LogP contribution in [0, 0.1) is 0 Å². The third kappa shape index (κ3) is 5.87. The molecule has 1 amide bonds. The van der Waals surface area contributed by atoms with E-state index < -0.39 is 0 Å². The molecule has 0 aliphatic carbocycles. The highest BCUT2D eigenvalue weighted by Gasteiger charge is 2.14. The number of amides is 1. The van der Waals surface area contributed by atoms with Crippen molar-refractivity contribution in [2.45, 2.75) is 20.0 Å². The van der Waals surface area contributed by atoms with Crippen LogP contribution in [0.5, 0.6) is 11.5 Å². The molecule has 0 saturated carbocycles. The number of hydrogen-bond acceptors (Lipinski definition) is 6. The first-order chi connectivity index (χ1) is 14.5. The Hall–Kier alpha value is -2.77. The third-order valence-corrected chi connectivity index (χ3v) is 4.66. The molecule has 8 heteroatoms. The largest absolute Gasteiger partial charge is 0.493 e. The lowest BCUT2D eigenvalue weighted by Gasteiger charge is -2.27. The first kappa shape index (κ1) is 21.9. The summed E-state index contributed by atoms with van der Waals surface area (Å²) in [6.45, 7) is 6.85. The molecule has 1 fully saturated rings. The molecule has 0 radical (unpaired) electrons. The summed E-state index contributed by atoms with van der Waals surface area (Å²) in [6, 6.07) is 7.22. The van der Waals surface area contributed by atoms with Crippen LogP contribution >= 0.6 is 11.6 Å². The van der Waals surface area contributed by atoms with E-state index >= 15 is 0 Å². The summed E-state index contributed by atoms with van der Waals surface area (Å²) in [7, 11) is 1.55. The van der Waals surface area contributed by atoms with Crippen LogP contribution in [-0.2, 0) is 9.53 Å². The van der Waals surface area contributed by atoms with E-state index in [1.807, 2.05) is 26.0 Å². The van der Waals surface area contributed by atoms with Crippen LogP contribution in [0.4, 0.5) is 11.5 Å². The number of methoxy groups -OCH3 is 1. The van der Waals surface area contributed by atoms with Gasteiger partial charge in [0.1, 0.15) is 5.82 Å². The Bertz CT molecular complexity index is 894. The summed E-state index contributed by atoms with van der Waals surface area (Å²) in [4.78, 5) is 18.9. The Morgan fingerprint density at radius 2 is 2.07 bits per heavy atom. The van der Waals surface area contributed by atoms with Crippen molar-refractivity contribution in [1.82, 2.24) is 4.98 Å². The standard InChI is InChI=1S/C22H26ClN3O4/c1-15(2)30-22-18(23)12-16(13-19(22)28-3)4-7-21(27)25-17-5-6-20(24-14-17)26-8-10-29-11-9-26/h4-7,12-15H,8-11H2,1-3H3,(H,25,27)/b7-4+. The van der Waals surface area contributed by atoms with Crippen molar-refractivity contribution in [3.63, 3.8) is 0 Å². The number of nitrogens with one attached hydrogen (secondary N) is 1. The minimum absolute atomic E-state index is 0.0354. The number of aromatic nitrogens is 1. The topological polar surface area (TPSA) is 72.9 Å². The van der Waals surface area contributed by atoms with Crippen molar-refractivity contribution in [2.24, 2.45) is 0 Å². The molecule has 0 atom stereocenters. The van der Waals surface area contributed by atoms with Gasteiger partial charge in [-0.05, 0) is 49.8 Å². The zero-order valence-corrected chi connectivity index (χ0v) is 18.1. The molecule has 2 heterocycles. The fourth-order valence-electron chi connectivity index (χ4n) is 2.98. The van der Waals surface area contributed by atoms with Gasteiger partial charge < -0.3 is 24.4 Å². The number of halogens is 1. The van der Waals surface area contributed by atoms with E-state index in [-0.39, 0.29) is 12.0 Å². The van der Waals surface area contributed by atoms with Crippen molar-refractivity contribution < 1.29 is 19.0 Å². The summed E-state index contributed by atoms with van der Waals surface area (Å²) >= 11 is 6.32. The van der Waals surface area contributed by atoms with Crippen LogP contribution in [-0.4, -0.2) is 50.4 Å². The molecule has 0 bridgehead atoms. The quantitative estimate of drug-likeness (QED) is 0.667. The van der Waals surface area contributed by atoms with E-state index in [1.54, 1.807) is 31.5 Å². The lowest BCUT2D eigenvalue weighted by molar-refractivity contribution is -0.111. The lowest BCUT2D eigenvalue weighted by atomic mass is 10.2. The molecule has 160 valence electrons. The van der Waals surface area contributed by atoms with Crippen molar-refractivity contribution in [1.29, 1.82) is 0 Å². The fraction of sp³-hybridized carbons (Fsp3) is 0.364. The van der Waals surface area contributed by atoms with Crippen molar-refractivity contribution in [2.75, 3.05) is 43.6 Å². The summed E-state index contributed by atoms with van der Waals surface area (Å²) in [6.07, 6.45) is 4.71. The maximum absolute atomic E-state index is 12.3. The summed E-state index contributed by atoms with van der Waals surface area (Å²) < 4.78 is 16.4. The van der Waals surface area contributed by atoms with Gasteiger partial charge in [-0.3, -0.25) is 4.79 Å². The molecule has 1 aromatic carbocycles. The molecule has 1 aliphatic heterocycles. The van der Waals surface area contributed by atoms with Crippen LogP contribution in [0.1, 0.15) is 19.4 Å². The fourth-order valence-corrected chi connectivity index (χ4v) is 3.25. The SMILES string of the molecule is COc1cc(/C=C/C(=O)Nc2ccc(N3CCOCC3)nc2)cc(Cl)c1OC(C)C. The molecule has 3 rings (SSSR count).